The van der Waals surface area contributed by atoms with Crippen LogP contribution in [-0.2, 0) is 6.42 Å². The van der Waals surface area contributed by atoms with Crippen molar-refractivity contribution < 1.29 is 5.11 Å². The molecular weight excluding hydrogens is 188 g/mol. The molecule has 1 aromatic rings. The Morgan fingerprint density at radius 3 is 2.20 bits per heavy atom. The van der Waals surface area contributed by atoms with Gasteiger partial charge in [-0.15, -0.1) is 0 Å². The molecule has 3 heteroatoms. The molecule has 3 N–H and O–H groups in total. The highest BCUT2D eigenvalue weighted by molar-refractivity contribution is 5.46. The van der Waals surface area contributed by atoms with Crippen LogP contribution in [0.3, 0.4) is 0 Å². The number of aliphatic hydroxyl groups is 1. The van der Waals surface area contributed by atoms with Crippen LogP contribution in [-0.4, -0.2) is 31.3 Å². The lowest BCUT2D eigenvalue weighted by Crippen LogP contribution is -2.36. The third kappa shape index (κ3) is 3.53. The zero-order valence-corrected chi connectivity index (χ0v) is 9.70. The summed E-state index contributed by atoms with van der Waals surface area (Å²) < 4.78 is 0. The zero-order chi connectivity index (χ0) is 11.5. The molecule has 0 bridgehead atoms. The SMILES string of the molecule is CN(C)c1ccc(CC(C)(O)CN)cc1. The minimum Gasteiger partial charge on any atom is -0.389 e. The largest absolute Gasteiger partial charge is 0.389 e. The van der Waals surface area contributed by atoms with E-state index in [1.165, 1.54) is 0 Å². The molecule has 1 aromatic carbocycles. The summed E-state index contributed by atoms with van der Waals surface area (Å²) in [5, 5.41) is 9.82. The third-order valence-corrected chi connectivity index (χ3v) is 2.48. The fourth-order valence-corrected chi connectivity index (χ4v) is 1.42. The maximum Gasteiger partial charge on any atom is 0.0781 e. The summed E-state index contributed by atoms with van der Waals surface area (Å²) in [5.41, 5.74) is 6.93. The molecule has 1 atom stereocenters. The van der Waals surface area contributed by atoms with E-state index >= 15 is 0 Å². The lowest BCUT2D eigenvalue weighted by molar-refractivity contribution is 0.0696. The summed E-state index contributed by atoms with van der Waals surface area (Å²) in [6.45, 7) is 2.04. The average Bonchev–Trinajstić information content (AvgIpc) is 2.18. The summed E-state index contributed by atoms with van der Waals surface area (Å²) in [5.74, 6) is 0. The Morgan fingerprint density at radius 2 is 1.80 bits per heavy atom. The fourth-order valence-electron chi connectivity index (χ4n) is 1.42. The molecule has 0 aliphatic rings. The van der Waals surface area contributed by atoms with Gasteiger partial charge in [-0.2, -0.15) is 0 Å². The molecule has 0 radical (unpaired) electrons. The van der Waals surface area contributed by atoms with Gasteiger partial charge >= 0.3 is 0 Å². The Morgan fingerprint density at radius 1 is 1.27 bits per heavy atom. The van der Waals surface area contributed by atoms with Gasteiger partial charge in [-0.3, -0.25) is 0 Å². The minimum atomic E-state index is -0.806. The first-order valence-electron chi connectivity index (χ1n) is 5.13. The van der Waals surface area contributed by atoms with Crippen molar-refractivity contribution in [3.63, 3.8) is 0 Å². The van der Waals surface area contributed by atoms with Crippen molar-refractivity contribution in [1.82, 2.24) is 0 Å². The van der Waals surface area contributed by atoms with Crippen LogP contribution in [0.1, 0.15) is 12.5 Å². The number of hydrogen-bond donors (Lipinski definition) is 2. The van der Waals surface area contributed by atoms with Gasteiger partial charge in [0.15, 0.2) is 0 Å². The van der Waals surface area contributed by atoms with Crippen LogP contribution in [0.2, 0.25) is 0 Å². The highest BCUT2D eigenvalue weighted by Crippen LogP contribution is 2.16. The topological polar surface area (TPSA) is 49.5 Å². The Kier molecular flexibility index (Phi) is 3.72. The predicted octanol–water partition coefficient (Wildman–Crippen LogP) is 1.00. The molecule has 3 nitrogen and oxygen atoms in total. The fraction of sp³-hybridized carbons (Fsp3) is 0.500. The standard InChI is InChI=1S/C12H20N2O/c1-12(15,9-13)8-10-4-6-11(7-5-10)14(2)3/h4-7,15H,8-9,13H2,1-3H3. The number of rotatable bonds is 4. The highest BCUT2D eigenvalue weighted by Gasteiger charge is 2.18. The molecule has 0 amide bonds. The van der Waals surface area contributed by atoms with Crippen LogP contribution in [0.5, 0.6) is 0 Å². The lowest BCUT2D eigenvalue weighted by Gasteiger charge is -2.21. The average molecular weight is 208 g/mol. The number of benzene rings is 1. The normalized spacial score (nSPS) is 14.7. The van der Waals surface area contributed by atoms with Crippen molar-refractivity contribution in [3.05, 3.63) is 29.8 Å². The van der Waals surface area contributed by atoms with Crippen LogP contribution < -0.4 is 10.6 Å². The molecule has 0 fully saturated rings. The number of hydrogen-bond acceptors (Lipinski definition) is 3. The van der Waals surface area contributed by atoms with Gasteiger partial charge in [0.2, 0.25) is 0 Å². The molecule has 0 aliphatic heterocycles. The first kappa shape index (κ1) is 12.0. The van der Waals surface area contributed by atoms with Gasteiger partial charge in [0.05, 0.1) is 5.60 Å². The maximum atomic E-state index is 9.82. The van der Waals surface area contributed by atoms with Crippen molar-refractivity contribution in [2.45, 2.75) is 18.9 Å². The van der Waals surface area contributed by atoms with E-state index in [2.05, 4.69) is 0 Å². The molecule has 0 aromatic heterocycles. The van der Waals surface area contributed by atoms with Crippen LogP contribution in [0.25, 0.3) is 0 Å². The Balaban J connectivity index is 2.73. The molecule has 15 heavy (non-hydrogen) atoms. The van der Waals surface area contributed by atoms with Crippen LogP contribution in [0.15, 0.2) is 24.3 Å². The molecule has 0 heterocycles. The second kappa shape index (κ2) is 4.64. The maximum absolute atomic E-state index is 9.82. The monoisotopic (exact) mass is 208 g/mol. The number of anilines is 1. The summed E-state index contributed by atoms with van der Waals surface area (Å²) in [4.78, 5) is 2.05. The lowest BCUT2D eigenvalue weighted by atomic mass is 9.97. The van der Waals surface area contributed by atoms with Gasteiger partial charge in [0.25, 0.3) is 0 Å². The predicted molar refractivity (Wildman–Crippen MR) is 64.2 cm³/mol. The Labute approximate surface area is 91.5 Å². The summed E-state index contributed by atoms with van der Waals surface area (Å²) >= 11 is 0. The first-order chi connectivity index (χ1) is 6.94. The molecule has 0 saturated carbocycles. The quantitative estimate of drug-likeness (QED) is 0.776. The second-order valence-corrected chi connectivity index (χ2v) is 4.44. The van der Waals surface area contributed by atoms with Gasteiger partial charge in [0.1, 0.15) is 0 Å². The minimum absolute atomic E-state index is 0.280. The van der Waals surface area contributed by atoms with Crippen molar-refractivity contribution in [3.8, 4) is 0 Å². The van der Waals surface area contributed by atoms with Crippen molar-refractivity contribution in [2.24, 2.45) is 5.73 Å². The van der Waals surface area contributed by atoms with E-state index < -0.39 is 5.60 Å². The van der Waals surface area contributed by atoms with E-state index in [9.17, 15) is 5.11 Å². The number of nitrogens with two attached hydrogens (primary N) is 1. The van der Waals surface area contributed by atoms with Gasteiger partial charge in [-0.05, 0) is 24.6 Å². The smallest absolute Gasteiger partial charge is 0.0781 e. The molecule has 0 spiro atoms. The van der Waals surface area contributed by atoms with Gasteiger partial charge in [-0.1, -0.05) is 12.1 Å². The summed E-state index contributed by atoms with van der Waals surface area (Å²) in [7, 11) is 4.01. The summed E-state index contributed by atoms with van der Waals surface area (Å²) in [6.07, 6.45) is 0.594. The zero-order valence-electron chi connectivity index (χ0n) is 9.70. The van der Waals surface area contributed by atoms with Crippen molar-refractivity contribution in [2.75, 3.05) is 25.5 Å². The van der Waals surface area contributed by atoms with Crippen LogP contribution in [0, 0.1) is 0 Å². The van der Waals surface area contributed by atoms with Gasteiger partial charge < -0.3 is 15.7 Å². The van der Waals surface area contributed by atoms with Crippen molar-refractivity contribution in [1.29, 1.82) is 0 Å². The first-order valence-corrected chi connectivity index (χ1v) is 5.13. The van der Waals surface area contributed by atoms with E-state index in [1.807, 2.05) is 43.3 Å². The van der Waals surface area contributed by atoms with E-state index in [0.717, 1.165) is 11.3 Å². The molecule has 1 unspecified atom stereocenters. The Hall–Kier alpha value is -1.06. The molecule has 0 aliphatic carbocycles. The Bertz CT molecular complexity index is 304. The molecular formula is C12H20N2O. The number of nitrogens with zero attached hydrogens (tertiary/aromatic N) is 1. The third-order valence-electron chi connectivity index (χ3n) is 2.48. The van der Waals surface area contributed by atoms with E-state index in [1.54, 1.807) is 6.92 Å². The molecule has 84 valence electrons. The summed E-state index contributed by atoms with van der Waals surface area (Å²) in [6, 6.07) is 8.14. The molecule has 0 saturated heterocycles. The van der Waals surface area contributed by atoms with Gasteiger partial charge in [-0.25, -0.2) is 0 Å². The van der Waals surface area contributed by atoms with Crippen LogP contribution >= 0.6 is 0 Å². The van der Waals surface area contributed by atoms with E-state index in [4.69, 9.17) is 5.73 Å². The van der Waals surface area contributed by atoms with Crippen molar-refractivity contribution >= 4 is 5.69 Å². The molecule has 1 rings (SSSR count). The van der Waals surface area contributed by atoms with E-state index in [-0.39, 0.29) is 6.54 Å². The van der Waals surface area contributed by atoms with Crippen LogP contribution in [0.4, 0.5) is 5.69 Å². The van der Waals surface area contributed by atoms with Gasteiger partial charge in [0, 0.05) is 32.7 Å². The van der Waals surface area contributed by atoms with E-state index in [0.29, 0.717) is 6.42 Å². The second-order valence-electron chi connectivity index (χ2n) is 4.44. The highest BCUT2D eigenvalue weighted by atomic mass is 16.3.